The molecule has 160 valence electrons. The molecule has 1 saturated heterocycles. The molecule has 9 heteroatoms. The third-order valence-corrected chi connectivity index (χ3v) is 6.40. The minimum absolute atomic E-state index is 0.00270. The monoisotopic (exact) mass is 435 g/mol. The first-order valence-corrected chi connectivity index (χ1v) is 10.7. The van der Waals surface area contributed by atoms with Crippen molar-refractivity contribution in [1.82, 2.24) is 4.31 Å². The molecule has 0 atom stereocenters. The van der Waals surface area contributed by atoms with Gasteiger partial charge < -0.3 is 14.2 Å². The van der Waals surface area contributed by atoms with Crippen molar-refractivity contribution in [2.45, 2.75) is 11.5 Å². The smallest absolute Gasteiger partial charge is 0.331 e. The molecule has 0 aromatic heterocycles. The molecule has 1 aliphatic heterocycles. The summed E-state index contributed by atoms with van der Waals surface area (Å²) in [6.07, 6.45) is 2.67. The summed E-state index contributed by atoms with van der Waals surface area (Å²) in [6.45, 7) is 1.20. The van der Waals surface area contributed by atoms with Gasteiger partial charge >= 0.3 is 5.97 Å². The Labute approximate surface area is 174 Å². The van der Waals surface area contributed by atoms with Crippen LogP contribution >= 0.6 is 0 Å². The number of hydrogen-bond donors (Lipinski definition) is 0. The van der Waals surface area contributed by atoms with Crippen LogP contribution in [0, 0.1) is 5.82 Å². The Kier molecular flexibility index (Phi) is 7.20. The number of nitrogens with zero attached hydrogens (tertiary/aromatic N) is 1. The Morgan fingerprint density at radius 3 is 2.53 bits per heavy atom. The van der Waals surface area contributed by atoms with Crippen molar-refractivity contribution >= 4 is 22.1 Å². The maximum atomic E-state index is 13.0. The SMILES string of the molecule is COc1ccc(/C=C/C(=O)OCc2ccc(F)cc2)cc1S(=O)(=O)N1CCOCC1. The van der Waals surface area contributed by atoms with Gasteiger partial charge in [-0.15, -0.1) is 0 Å². The van der Waals surface area contributed by atoms with E-state index in [1.54, 1.807) is 6.07 Å². The molecule has 1 heterocycles. The highest BCUT2D eigenvalue weighted by Gasteiger charge is 2.29. The van der Waals surface area contributed by atoms with Gasteiger partial charge in [0, 0.05) is 19.2 Å². The summed E-state index contributed by atoms with van der Waals surface area (Å²) >= 11 is 0. The number of halogens is 1. The molecule has 3 rings (SSSR count). The summed E-state index contributed by atoms with van der Waals surface area (Å²) in [4.78, 5) is 12.0. The summed E-state index contributed by atoms with van der Waals surface area (Å²) in [5.74, 6) is -0.752. The lowest BCUT2D eigenvalue weighted by atomic mass is 10.2. The molecule has 0 saturated carbocycles. The quantitative estimate of drug-likeness (QED) is 0.491. The van der Waals surface area contributed by atoms with Crippen LogP contribution in [0.4, 0.5) is 4.39 Å². The molecule has 0 bridgehead atoms. The Hall–Kier alpha value is -2.75. The van der Waals surface area contributed by atoms with E-state index in [1.165, 1.54) is 60.0 Å². The second-order valence-corrected chi connectivity index (χ2v) is 8.40. The second-order valence-electron chi connectivity index (χ2n) is 6.49. The minimum Gasteiger partial charge on any atom is -0.495 e. The largest absolute Gasteiger partial charge is 0.495 e. The van der Waals surface area contributed by atoms with E-state index in [4.69, 9.17) is 14.2 Å². The molecular weight excluding hydrogens is 413 g/mol. The van der Waals surface area contributed by atoms with Gasteiger partial charge in [-0.1, -0.05) is 18.2 Å². The van der Waals surface area contributed by atoms with Crippen molar-refractivity contribution in [3.05, 3.63) is 65.5 Å². The Morgan fingerprint density at radius 1 is 1.17 bits per heavy atom. The molecule has 2 aromatic rings. The van der Waals surface area contributed by atoms with Gasteiger partial charge in [0.25, 0.3) is 0 Å². The molecule has 2 aromatic carbocycles. The van der Waals surface area contributed by atoms with Gasteiger partial charge in [0.05, 0.1) is 20.3 Å². The fraction of sp³-hybridized carbons (Fsp3) is 0.286. The molecule has 0 N–H and O–H groups in total. The summed E-state index contributed by atoms with van der Waals surface area (Å²) in [6, 6.07) is 10.3. The zero-order chi connectivity index (χ0) is 21.6. The average Bonchev–Trinajstić information content (AvgIpc) is 2.77. The van der Waals surface area contributed by atoms with Gasteiger partial charge in [0.15, 0.2) is 0 Å². The highest BCUT2D eigenvalue weighted by atomic mass is 32.2. The Morgan fingerprint density at radius 2 is 1.87 bits per heavy atom. The van der Waals surface area contributed by atoms with Crippen LogP contribution in [0.15, 0.2) is 53.4 Å². The number of methoxy groups -OCH3 is 1. The molecule has 7 nitrogen and oxygen atoms in total. The molecule has 1 fully saturated rings. The van der Waals surface area contributed by atoms with E-state index in [-0.39, 0.29) is 36.2 Å². The summed E-state index contributed by atoms with van der Waals surface area (Å²) < 4.78 is 55.8. The third-order valence-electron chi connectivity index (χ3n) is 4.48. The number of morpholine rings is 1. The van der Waals surface area contributed by atoms with Crippen molar-refractivity contribution in [3.8, 4) is 5.75 Å². The Bertz CT molecular complexity index is 1010. The van der Waals surface area contributed by atoms with Gasteiger partial charge in [-0.25, -0.2) is 17.6 Å². The highest BCUT2D eigenvalue weighted by molar-refractivity contribution is 7.89. The molecule has 1 aliphatic rings. The first-order chi connectivity index (χ1) is 14.4. The van der Waals surface area contributed by atoms with Gasteiger partial charge in [-0.3, -0.25) is 0 Å². The second kappa shape index (κ2) is 9.84. The normalized spacial score (nSPS) is 15.3. The molecule has 0 spiro atoms. The molecule has 0 amide bonds. The number of rotatable bonds is 7. The zero-order valence-electron chi connectivity index (χ0n) is 16.4. The third kappa shape index (κ3) is 5.44. The van der Waals surface area contributed by atoms with Crippen LogP contribution in [-0.2, 0) is 30.9 Å². The fourth-order valence-corrected chi connectivity index (χ4v) is 4.47. The van der Waals surface area contributed by atoms with Gasteiger partial charge in [0.1, 0.15) is 23.1 Å². The van der Waals surface area contributed by atoms with Crippen LogP contribution < -0.4 is 4.74 Å². The van der Waals surface area contributed by atoms with Crippen molar-refractivity contribution < 1.29 is 31.8 Å². The fourth-order valence-electron chi connectivity index (χ4n) is 2.87. The minimum atomic E-state index is -3.77. The number of hydrogen-bond acceptors (Lipinski definition) is 6. The van der Waals surface area contributed by atoms with E-state index < -0.39 is 16.0 Å². The highest BCUT2D eigenvalue weighted by Crippen LogP contribution is 2.28. The topological polar surface area (TPSA) is 82.1 Å². The van der Waals surface area contributed by atoms with Gasteiger partial charge in [-0.05, 0) is 41.5 Å². The predicted molar refractivity (Wildman–Crippen MR) is 108 cm³/mol. The van der Waals surface area contributed by atoms with E-state index in [0.717, 1.165) is 0 Å². The molecular formula is C21H22FNO6S. The van der Waals surface area contributed by atoms with Crippen LogP contribution in [0.2, 0.25) is 0 Å². The van der Waals surface area contributed by atoms with Crippen LogP contribution in [0.5, 0.6) is 5.75 Å². The van der Waals surface area contributed by atoms with Crippen molar-refractivity contribution in [1.29, 1.82) is 0 Å². The van der Waals surface area contributed by atoms with E-state index in [2.05, 4.69) is 0 Å². The average molecular weight is 435 g/mol. The van der Waals surface area contributed by atoms with Crippen molar-refractivity contribution in [2.24, 2.45) is 0 Å². The van der Waals surface area contributed by atoms with E-state index in [9.17, 15) is 17.6 Å². The lowest BCUT2D eigenvalue weighted by Gasteiger charge is -2.26. The standard InChI is InChI=1S/C21H22FNO6S/c1-27-19-8-4-16(14-20(19)30(25,26)23-10-12-28-13-11-23)5-9-21(24)29-15-17-2-6-18(22)7-3-17/h2-9,14H,10-13,15H2,1H3/b9-5+. The zero-order valence-corrected chi connectivity index (χ0v) is 17.2. The summed E-state index contributed by atoms with van der Waals surface area (Å²) in [7, 11) is -2.37. The van der Waals surface area contributed by atoms with Crippen LogP contribution in [0.25, 0.3) is 6.08 Å². The van der Waals surface area contributed by atoms with E-state index in [0.29, 0.717) is 24.3 Å². The molecule has 0 aliphatic carbocycles. The summed E-state index contributed by atoms with van der Waals surface area (Å²) in [5, 5.41) is 0. The number of esters is 1. The van der Waals surface area contributed by atoms with E-state index in [1.807, 2.05) is 0 Å². The molecule has 30 heavy (non-hydrogen) atoms. The van der Waals surface area contributed by atoms with Crippen LogP contribution in [0.1, 0.15) is 11.1 Å². The van der Waals surface area contributed by atoms with Crippen LogP contribution in [-0.4, -0.2) is 52.1 Å². The van der Waals surface area contributed by atoms with Crippen molar-refractivity contribution in [3.63, 3.8) is 0 Å². The maximum Gasteiger partial charge on any atom is 0.331 e. The number of benzene rings is 2. The van der Waals surface area contributed by atoms with Crippen LogP contribution in [0.3, 0.4) is 0 Å². The number of carbonyl (C=O) groups excluding carboxylic acids is 1. The summed E-state index contributed by atoms with van der Waals surface area (Å²) in [5.41, 5.74) is 1.16. The van der Waals surface area contributed by atoms with E-state index >= 15 is 0 Å². The van der Waals surface area contributed by atoms with Crippen molar-refractivity contribution in [2.75, 3.05) is 33.4 Å². The first kappa shape index (κ1) is 21.9. The number of sulfonamides is 1. The number of ether oxygens (including phenoxy) is 3. The van der Waals surface area contributed by atoms with Gasteiger partial charge in [0.2, 0.25) is 10.0 Å². The Balaban J connectivity index is 1.72. The molecule has 0 radical (unpaired) electrons. The maximum absolute atomic E-state index is 13.0. The predicted octanol–water partition coefficient (Wildman–Crippen LogP) is 2.61. The lowest BCUT2D eigenvalue weighted by molar-refractivity contribution is -0.138. The molecule has 0 unspecified atom stereocenters. The lowest BCUT2D eigenvalue weighted by Crippen LogP contribution is -2.40. The number of carbonyl (C=O) groups is 1. The first-order valence-electron chi connectivity index (χ1n) is 9.25. The van der Waals surface area contributed by atoms with Gasteiger partial charge in [-0.2, -0.15) is 4.31 Å².